The topological polar surface area (TPSA) is 32.8 Å². The van der Waals surface area contributed by atoms with E-state index in [2.05, 4.69) is 65.6 Å². The monoisotopic (exact) mass is 414 g/mol. The van der Waals surface area contributed by atoms with Gasteiger partial charge >= 0.3 is 0 Å². The normalized spacial score (nSPS) is 15.6. The maximum Gasteiger partial charge on any atom is 0.263 e. The van der Waals surface area contributed by atoms with Gasteiger partial charge in [-0.1, -0.05) is 72.8 Å². The summed E-state index contributed by atoms with van der Waals surface area (Å²) in [5.41, 5.74) is 3.69. The first-order chi connectivity index (χ1) is 15.1. The molecule has 1 aliphatic heterocycles. The van der Waals surface area contributed by atoms with Crippen molar-refractivity contribution < 1.29 is 9.53 Å². The first-order valence-electron chi connectivity index (χ1n) is 11.0. The highest BCUT2D eigenvalue weighted by atomic mass is 16.5. The highest BCUT2D eigenvalue weighted by Gasteiger charge is 2.30. The third kappa shape index (κ3) is 5.15. The molecule has 1 atom stereocenters. The lowest BCUT2D eigenvalue weighted by molar-refractivity contribution is -0.140. The van der Waals surface area contributed by atoms with Crippen LogP contribution in [0.3, 0.4) is 0 Å². The van der Waals surface area contributed by atoms with E-state index in [9.17, 15) is 4.79 Å². The number of amides is 1. The first kappa shape index (κ1) is 21.1. The van der Waals surface area contributed by atoms with Gasteiger partial charge in [0.1, 0.15) is 5.75 Å². The summed E-state index contributed by atoms with van der Waals surface area (Å²) in [5.74, 6) is 0.796. The molecule has 0 N–H and O–H groups in total. The Hall–Kier alpha value is -3.11. The molecule has 0 spiro atoms. The number of carbonyl (C=O) groups is 1. The Morgan fingerprint density at radius 3 is 1.94 bits per heavy atom. The summed E-state index contributed by atoms with van der Waals surface area (Å²) in [5, 5.41) is 0. The van der Waals surface area contributed by atoms with E-state index in [-0.39, 0.29) is 11.9 Å². The predicted octanol–water partition coefficient (Wildman–Crippen LogP) is 4.70. The van der Waals surface area contributed by atoms with Gasteiger partial charge in [-0.05, 0) is 42.7 Å². The SMILES string of the molecule is Cc1cccc(O[C@H](C)C(=O)N2CCN(C(c3ccccc3)c3ccccc3)CC2)c1. The average molecular weight is 415 g/mol. The molecule has 0 aliphatic carbocycles. The Morgan fingerprint density at radius 1 is 0.806 bits per heavy atom. The molecule has 0 saturated carbocycles. The van der Waals surface area contributed by atoms with Gasteiger partial charge in [-0.15, -0.1) is 0 Å². The van der Waals surface area contributed by atoms with Gasteiger partial charge in [0, 0.05) is 26.2 Å². The lowest BCUT2D eigenvalue weighted by atomic mass is 9.96. The highest BCUT2D eigenvalue weighted by Crippen LogP contribution is 2.29. The third-order valence-corrected chi connectivity index (χ3v) is 5.87. The summed E-state index contributed by atoms with van der Waals surface area (Å²) < 4.78 is 5.92. The molecule has 31 heavy (non-hydrogen) atoms. The van der Waals surface area contributed by atoms with Gasteiger partial charge in [-0.2, -0.15) is 0 Å². The molecule has 160 valence electrons. The molecule has 1 aliphatic rings. The second-order valence-corrected chi connectivity index (χ2v) is 8.16. The van der Waals surface area contributed by atoms with Crippen LogP contribution in [0.4, 0.5) is 0 Å². The van der Waals surface area contributed by atoms with E-state index in [0.29, 0.717) is 13.1 Å². The quantitative estimate of drug-likeness (QED) is 0.586. The lowest BCUT2D eigenvalue weighted by Crippen LogP contribution is -2.52. The summed E-state index contributed by atoms with van der Waals surface area (Å²) >= 11 is 0. The number of ether oxygens (including phenoxy) is 1. The van der Waals surface area contributed by atoms with Crippen LogP contribution in [-0.2, 0) is 4.79 Å². The Balaban J connectivity index is 1.42. The minimum Gasteiger partial charge on any atom is -0.481 e. The molecule has 0 aromatic heterocycles. The molecular formula is C27H30N2O2. The van der Waals surface area contributed by atoms with Crippen LogP contribution in [0, 0.1) is 6.92 Å². The number of nitrogens with zero attached hydrogens (tertiary/aromatic N) is 2. The van der Waals surface area contributed by atoms with Crippen molar-refractivity contribution in [3.63, 3.8) is 0 Å². The van der Waals surface area contributed by atoms with Crippen molar-refractivity contribution in [2.75, 3.05) is 26.2 Å². The lowest BCUT2D eigenvalue weighted by Gasteiger charge is -2.40. The standard InChI is InChI=1S/C27H30N2O2/c1-21-10-9-15-25(20-21)31-22(2)27(30)29-18-16-28(17-19-29)26(23-11-5-3-6-12-23)24-13-7-4-8-14-24/h3-15,20,22,26H,16-19H2,1-2H3/t22-/m1/s1. The van der Waals surface area contributed by atoms with Crippen molar-refractivity contribution in [3.8, 4) is 5.75 Å². The molecule has 4 rings (SSSR count). The molecule has 4 heteroatoms. The molecule has 0 radical (unpaired) electrons. The van der Waals surface area contributed by atoms with Gasteiger partial charge in [-0.25, -0.2) is 0 Å². The Kier molecular flexibility index (Phi) is 6.68. The third-order valence-electron chi connectivity index (χ3n) is 5.87. The zero-order chi connectivity index (χ0) is 21.6. The summed E-state index contributed by atoms with van der Waals surface area (Å²) in [6.07, 6.45) is -0.493. The van der Waals surface area contributed by atoms with Crippen LogP contribution in [0.2, 0.25) is 0 Å². The number of carbonyl (C=O) groups excluding carboxylic acids is 1. The Bertz CT molecular complexity index is 943. The molecule has 0 bridgehead atoms. The van der Waals surface area contributed by atoms with Crippen LogP contribution in [0.15, 0.2) is 84.9 Å². The van der Waals surface area contributed by atoms with Gasteiger partial charge in [0.2, 0.25) is 0 Å². The number of hydrogen-bond acceptors (Lipinski definition) is 3. The molecule has 3 aromatic carbocycles. The zero-order valence-electron chi connectivity index (χ0n) is 18.3. The number of aryl methyl sites for hydroxylation is 1. The maximum absolute atomic E-state index is 13.0. The van der Waals surface area contributed by atoms with Gasteiger partial charge in [0.25, 0.3) is 5.91 Å². The molecular weight excluding hydrogens is 384 g/mol. The summed E-state index contributed by atoms with van der Waals surface area (Å²) in [7, 11) is 0. The average Bonchev–Trinajstić information content (AvgIpc) is 2.81. The fourth-order valence-electron chi connectivity index (χ4n) is 4.29. The maximum atomic E-state index is 13.0. The molecule has 1 heterocycles. The van der Waals surface area contributed by atoms with E-state index in [4.69, 9.17) is 4.74 Å². The molecule has 1 amide bonds. The van der Waals surface area contributed by atoms with Crippen molar-refractivity contribution >= 4 is 5.91 Å². The summed E-state index contributed by atoms with van der Waals surface area (Å²) in [4.78, 5) is 17.4. The number of rotatable bonds is 6. The van der Waals surface area contributed by atoms with Crippen LogP contribution in [-0.4, -0.2) is 48.0 Å². The first-order valence-corrected chi connectivity index (χ1v) is 11.0. The second-order valence-electron chi connectivity index (χ2n) is 8.16. The number of hydrogen-bond donors (Lipinski definition) is 0. The number of benzene rings is 3. The minimum absolute atomic E-state index is 0.0529. The van der Waals surface area contributed by atoms with Crippen molar-refractivity contribution in [2.24, 2.45) is 0 Å². The van der Waals surface area contributed by atoms with E-state index >= 15 is 0 Å². The van der Waals surface area contributed by atoms with Gasteiger partial charge in [0.15, 0.2) is 6.10 Å². The van der Waals surface area contributed by atoms with E-state index < -0.39 is 6.10 Å². The van der Waals surface area contributed by atoms with Crippen molar-refractivity contribution in [1.29, 1.82) is 0 Å². The fraction of sp³-hybridized carbons (Fsp3) is 0.296. The fourth-order valence-corrected chi connectivity index (χ4v) is 4.29. The predicted molar refractivity (Wildman–Crippen MR) is 124 cm³/mol. The Labute approximate surface area is 185 Å². The van der Waals surface area contributed by atoms with Crippen LogP contribution >= 0.6 is 0 Å². The largest absolute Gasteiger partial charge is 0.481 e. The van der Waals surface area contributed by atoms with E-state index in [0.717, 1.165) is 24.4 Å². The zero-order valence-corrected chi connectivity index (χ0v) is 18.3. The Morgan fingerprint density at radius 2 is 1.39 bits per heavy atom. The van der Waals surface area contributed by atoms with E-state index in [1.54, 1.807) is 0 Å². The minimum atomic E-state index is -0.493. The van der Waals surface area contributed by atoms with Crippen molar-refractivity contribution in [3.05, 3.63) is 102 Å². The van der Waals surface area contributed by atoms with Crippen LogP contribution in [0.25, 0.3) is 0 Å². The van der Waals surface area contributed by atoms with Crippen molar-refractivity contribution in [1.82, 2.24) is 9.80 Å². The molecule has 1 saturated heterocycles. The molecule has 4 nitrogen and oxygen atoms in total. The van der Waals surface area contributed by atoms with Crippen LogP contribution < -0.4 is 4.74 Å². The molecule has 0 unspecified atom stereocenters. The van der Waals surface area contributed by atoms with Gasteiger partial charge < -0.3 is 9.64 Å². The smallest absolute Gasteiger partial charge is 0.263 e. The van der Waals surface area contributed by atoms with Gasteiger partial charge in [0.05, 0.1) is 6.04 Å². The number of piperazine rings is 1. The summed E-state index contributed by atoms with van der Waals surface area (Å²) in [6, 6.07) is 29.3. The van der Waals surface area contributed by atoms with Crippen molar-refractivity contribution in [2.45, 2.75) is 26.0 Å². The molecule has 1 fully saturated rings. The second kappa shape index (κ2) is 9.80. The van der Waals surface area contributed by atoms with E-state index in [1.165, 1.54) is 11.1 Å². The van der Waals surface area contributed by atoms with Crippen LogP contribution in [0.5, 0.6) is 5.75 Å². The van der Waals surface area contributed by atoms with Gasteiger partial charge in [-0.3, -0.25) is 9.69 Å². The van der Waals surface area contributed by atoms with Crippen LogP contribution in [0.1, 0.15) is 29.7 Å². The van der Waals surface area contributed by atoms with E-state index in [1.807, 2.05) is 43.0 Å². The summed E-state index contributed by atoms with van der Waals surface area (Å²) in [6.45, 7) is 6.93. The molecule has 3 aromatic rings. The highest BCUT2D eigenvalue weighted by molar-refractivity contribution is 5.81.